The van der Waals surface area contributed by atoms with Crippen molar-refractivity contribution in [3.05, 3.63) is 35.4 Å². The second-order valence-corrected chi connectivity index (χ2v) is 7.09. The first-order chi connectivity index (χ1) is 8.02. The molecule has 17 heavy (non-hydrogen) atoms. The molecule has 94 valence electrons. The minimum absolute atomic E-state index is 0.0171. The van der Waals surface area contributed by atoms with Gasteiger partial charge in [0.2, 0.25) is 0 Å². The maximum Gasteiger partial charge on any atom is 0.150 e. The van der Waals surface area contributed by atoms with E-state index >= 15 is 0 Å². The zero-order valence-electron chi connectivity index (χ0n) is 9.96. The predicted octanol–water partition coefficient (Wildman–Crippen LogP) is 1.51. The number of hydrogen-bond donors (Lipinski definition) is 1. The van der Waals surface area contributed by atoms with Crippen molar-refractivity contribution in [2.75, 3.05) is 18.1 Å². The fourth-order valence-electron chi connectivity index (χ4n) is 2.48. The molecule has 0 aromatic heterocycles. The maximum absolute atomic E-state index is 11.5. The minimum atomic E-state index is -2.88. The molecule has 1 aromatic rings. The number of benzene rings is 1. The molecule has 0 bridgehead atoms. The first-order valence-corrected chi connectivity index (χ1v) is 7.72. The van der Waals surface area contributed by atoms with E-state index in [4.69, 9.17) is 0 Å². The third-order valence-corrected chi connectivity index (χ3v) is 5.33. The van der Waals surface area contributed by atoms with E-state index in [1.807, 2.05) is 31.2 Å². The molecule has 1 fully saturated rings. The van der Waals surface area contributed by atoms with E-state index in [-0.39, 0.29) is 29.9 Å². The Labute approximate surface area is 102 Å². The van der Waals surface area contributed by atoms with Crippen molar-refractivity contribution >= 4 is 9.84 Å². The Morgan fingerprint density at radius 1 is 1.35 bits per heavy atom. The summed E-state index contributed by atoms with van der Waals surface area (Å²) in [5.74, 6) is 0.493. The number of sulfone groups is 1. The van der Waals surface area contributed by atoms with Crippen LogP contribution in [0.1, 0.15) is 23.5 Å². The van der Waals surface area contributed by atoms with E-state index in [0.717, 1.165) is 5.56 Å². The topological polar surface area (TPSA) is 54.4 Å². The number of aliphatic hydroxyl groups is 1. The zero-order chi connectivity index (χ0) is 12.5. The summed E-state index contributed by atoms with van der Waals surface area (Å²) in [5.41, 5.74) is 2.21. The largest absolute Gasteiger partial charge is 0.396 e. The number of aliphatic hydroxyl groups excluding tert-OH is 1. The molecule has 4 heteroatoms. The van der Waals surface area contributed by atoms with E-state index in [1.54, 1.807) is 0 Å². The number of rotatable bonds is 3. The van der Waals surface area contributed by atoms with Gasteiger partial charge in [0.05, 0.1) is 18.1 Å². The molecular weight excluding hydrogens is 236 g/mol. The van der Waals surface area contributed by atoms with Gasteiger partial charge < -0.3 is 5.11 Å². The van der Waals surface area contributed by atoms with Crippen molar-refractivity contribution in [3.63, 3.8) is 0 Å². The van der Waals surface area contributed by atoms with Crippen LogP contribution in [0.2, 0.25) is 0 Å². The fraction of sp³-hybridized carbons (Fsp3) is 0.538. The molecule has 0 saturated carbocycles. The molecule has 0 aliphatic carbocycles. The highest BCUT2D eigenvalue weighted by Gasteiger charge is 2.33. The summed E-state index contributed by atoms with van der Waals surface area (Å²) in [4.78, 5) is 0. The van der Waals surface area contributed by atoms with Gasteiger partial charge in [-0.3, -0.25) is 0 Å². The SMILES string of the molecule is Cc1ccc(C(CO)C2CCS(=O)(=O)C2)cc1. The molecule has 1 heterocycles. The van der Waals surface area contributed by atoms with Crippen LogP contribution in [-0.4, -0.2) is 31.6 Å². The Morgan fingerprint density at radius 3 is 2.47 bits per heavy atom. The van der Waals surface area contributed by atoms with Gasteiger partial charge in [-0.15, -0.1) is 0 Å². The van der Waals surface area contributed by atoms with Crippen molar-refractivity contribution < 1.29 is 13.5 Å². The number of aryl methyl sites for hydroxylation is 1. The van der Waals surface area contributed by atoms with Crippen LogP contribution in [-0.2, 0) is 9.84 Å². The van der Waals surface area contributed by atoms with Gasteiger partial charge >= 0.3 is 0 Å². The van der Waals surface area contributed by atoms with Crippen LogP contribution in [0.3, 0.4) is 0 Å². The monoisotopic (exact) mass is 254 g/mol. The van der Waals surface area contributed by atoms with Crippen LogP contribution in [0.4, 0.5) is 0 Å². The minimum Gasteiger partial charge on any atom is -0.396 e. The van der Waals surface area contributed by atoms with E-state index in [0.29, 0.717) is 6.42 Å². The van der Waals surface area contributed by atoms with E-state index < -0.39 is 9.84 Å². The molecule has 2 unspecified atom stereocenters. The molecule has 1 aromatic carbocycles. The molecule has 0 amide bonds. The van der Waals surface area contributed by atoms with Crippen molar-refractivity contribution in [2.24, 2.45) is 5.92 Å². The zero-order valence-corrected chi connectivity index (χ0v) is 10.8. The van der Waals surface area contributed by atoms with Gasteiger partial charge in [-0.25, -0.2) is 8.42 Å². The first kappa shape index (κ1) is 12.6. The second kappa shape index (κ2) is 4.78. The lowest BCUT2D eigenvalue weighted by molar-refractivity contribution is 0.233. The predicted molar refractivity (Wildman–Crippen MR) is 67.8 cm³/mol. The Kier molecular flexibility index (Phi) is 3.54. The average Bonchev–Trinajstić information content (AvgIpc) is 2.63. The maximum atomic E-state index is 11.5. The van der Waals surface area contributed by atoms with Crippen LogP contribution in [0.15, 0.2) is 24.3 Å². The van der Waals surface area contributed by atoms with Crippen molar-refractivity contribution in [3.8, 4) is 0 Å². The third-order valence-electron chi connectivity index (χ3n) is 3.54. The van der Waals surface area contributed by atoms with E-state index in [9.17, 15) is 13.5 Å². The van der Waals surface area contributed by atoms with Gasteiger partial charge in [0, 0.05) is 5.92 Å². The van der Waals surface area contributed by atoms with Gasteiger partial charge in [-0.2, -0.15) is 0 Å². The van der Waals surface area contributed by atoms with Crippen LogP contribution in [0.25, 0.3) is 0 Å². The highest BCUT2D eigenvalue weighted by Crippen LogP contribution is 2.33. The molecule has 0 radical (unpaired) electrons. The molecule has 1 N–H and O–H groups in total. The van der Waals surface area contributed by atoms with Crippen molar-refractivity contribution in [1.82, 2.24) is 0 Å². The summed E-state index contributed by atoms with van der Waals surface area (Å²) >= 11 is 0. The highest BCUT2D eigenvalue weighted by molar-refractivity contribution is 7.91. The van der Waals surface area contributed by atoms with Crippen LogP contribution in [0.5, 0.6) is 0 Å². The van der Waals surface area contributed by atoms with E-state index in [1.165, 1.54) is 5.56 Å². The summed E-state index contributed by atoms with van der Waals surface area (Å²) in [6.07, 6.45) is 0.668. The average molecular weight is 254 g/mol. The van der Waals surface area contributed by atoms with Gasteiger partial charge in [0.25, 0.3) is 0 Å². The lowest BCUT2D eigenvalue weighted by Crippen LogP contribution is -2.18. The Hall–Kier alpha value is -0.870. The summed E-state index contributed by atoms with van der Waals surface area (Å²) in [6.45, 7) is 2.03. The van der Waals surface area contributed by atoms with Gasteiger partial charge in [-0.05, 0) is 24.8 Å². The molecule has 1 aliphatic heterocycles. The first-order valence-electron chi connectivity index (χ1n) is 5.90. The smallest absolute Gasteiger partial charge is 0.150 e. The van der Waals surface area contributed by atoms with Gasteiger partial charge in [0.1, 0.15) is 0 Å². The van der Waals surface area contributed by atoms with Gasteiger partial charge in [-0.1, -0.05) is 29.8 Å². The molecule has 0 spiro atoms. The normalized spacial score (nSPS) is 24.7. The Morgan fingerprint density at radius 2 is 2.00 bits per heavy atom. The highest BCUT2D eigenvalue weighted by atomic mass is 32.2. The molecule has 1 saturated heterocycles. The molecule has 2 rings (SSSR count). The summed E-state index contributed by atoms with van der Waals surface area (Å²) < 4.78 is 22.9. The van der Waals surface area contributed by atoms with E-state index in [2.05, 4.69) is 0 Å². The van der Waals surface area contributed by atoms with Crippen LogP contribution in [0, 0.1) is 12.8 Å². The molecule has 1 aliphatic rings. The van der Waals surface area contributed by atoms with Crippen LogP contribution < -0.4 is 0 Å². The third kappa shape index (κ3) is 2.87. The second-order valence-electron chi connectivity index (χ2n) is 4.86. The van der Waals surface area contributed by atoms with Crippen molar-refractivity contribution in [2.45, 2.75) is 19.3 Å². The summed E-state index contributed by atoms with van der Waals surface area (Å²) in [6, 6.07) is 7.98. The number of hydrogen-bond acceptors (Lipinski definition) is 3. The Balaban J connectivity index is 2.20. The molecule has 2 atom stereocenters. The standard InChI is InChI=1S/C13H18O3S/c1-10-2-4-11(5-3-10)13(8-14)12-6-7-17(15,16)9-12/h2-5,12-14H,6-9H2,1H3. The van der Waals surface area contributed by atoms with Gasteiger partial charge in [0.15, 0.2) is 9.84 Å². The van der Waals surface area contributed by atoms with Crippen LogP contribution >= 0.6 is 0 Å². The van der Waals surface area contributed by atoms with Crippen molar-refractivity contribution in [1.29, 1.82) is 0 Å². The molecular formula is C13H18O3S. The summed E-state index contributed by atoms with van der Waals surface area (Å²) in [7, 11) is -2.88. The lowest BCUT2D eigenvalue weighted by Gasteiger charge is -2.20. The quantitative estimate of drug-likeness (QED) is 0.889. The Bertz CT molecular complexity index is 476. The fourth-order valence-corrected chi connectivity index (χ4v) is 4.36. The lowest BCUT2D eigenvalue weighted by atomic mass is 9.86. The molecule has 3 nitrogen and oxygen atoms in total. The summed E-state index contributed by atoms with van der Waals surface area (Å²) in [5, 5.41) is 9.48.